The van der Waals surface area contributed by atoms with Gasteiger partial charge in [0.05, 0.1) is 10.6 Å². The van der Waals surface area contributed by atoms with E-state index in [4.69, 9.17) is 22.1 Å². The van der Waals surface area contributed by atoms with Gasteiger partial charge < -0.3 is 20.7 Å². The average Bonchev–Trinajstić information content (AvgIpc) is 3.15. The number of anilines is 1. The van der Waals surface area contributed by atoms with Gasteiger partial charge in [0, 0.05) is 24.3 Å². The number of hydrogen-bond acceptors (Lipinski definition) is 5. The lowest BCUT2D eigenvalue weighted by molar-refractivity contribution is -0.135. The second kappa shape index (κ2) is 10.1. The van der Waals surface area contributed by atoms with E-state index < -0.39 is 11.5 Å². The van der Waals surface area contributed by atoms with Crippen LogP contribution in [-0.4, -0.2) is 40.5 Å². The number of primary amides is 1. The Morgan fingerprint density at radius 1 is 1.03 bits per heavy atom. The molecule has 2 amide bonds. The maximum absolute atomic E-state index is 13.3. The van der Waals surface area contributed by atoms with Crippen molar-refractivity contribution in [3.8, 4) is 16.9 Å². The van der Waals surface area contributed by atoms with Gasteiger partial charge in [-0.2, -0.15) is 0 Å². The summed E-state index contributed by atoms with van der Waals surface area (Å²) in [4.78, 5) is 31.5. The van der Waals surface area contributed by atoms with Crippen LogP contribution < -0.4 is 20.7 Å². The summed E-state index contributed by atoms with van der Waals surface area (Å²) in [5.41, 5.74) is 6.66. The van der Waals surface area contributed by atoms with Gasteiger partial charge in [0.1, 0.15) is 11.6 Å². The molecule has 2 bridgehead atoms. The molecule has 2 fully saturated rings. The summed E-state index contributed by atoms with van der Waals surface area (Å²) in [5.74, 6) is 0.666. The van der Waals surface area contributed by atoms with Crippen LogP contribution >= 0.6 is 11.6 Å². The highest BCUT2D eigenvalue weighted by Crippen LogP contribution is 2.39. The minimum Gasteiger partial charge on any atom is -0.476 e. The number of nitrogens with two attached hydrogens (primary N) is 1. The minimum absolute atomic E-state index is 0.0418. The van der Waals surface area contributed by atoms with Crippen LogP contribution in [0.1, 0.15) is 49.9 Å². The number of amides is 2. The molecule has 0 spiro atoms. The number of rotatable bonds is 7. The highest BCUT2D eigenvalue weighted by Gasteiger charge is 2.43. The molecule has 3 aromatic rings. The van der Waals surface area contributed by atoms with Crippen LogP contribution in [0.15, 0.2) is 66.9 Å². The first-order valence-corrected chi connectivity index (χ1v) is 13.0. The van der Waals surface area contributed by atoms with E-state index in [-0.39, 0.29) is 24.0 Å². The highest BCUT2D eigenvalue weighted by molar-refractivity contribution is 6.32. The number of fused-ring (bicyclic) bond motifs is 2. The molecule has 5 rings (SSSR count). The van der Waals surface area contributed by atoms with E-state index in [2.05, 4.69) is 15.2 Å². The topological polar surface area (TPSA) is 97.5 Å². The molecule has 37 heavy (non-hydrogen) atoms. The maximum atomic E-state index is 13.3. The SMILES string of the molecule is CC(C)(Oc1cc(-c2ccccc2)ccc1Cl)C(=O)NC1CC2CCC(C1)N2c1ccc(C(N)=O)cn1. The van der Waals surface area contributed by atoms with Crippen molar-refractivity contribution in [3.63, 3.8) is 0 Å². The third-order valence-electron chi connectivity index (χ3n) is 7.32. The fraction of sp³-hybridized carbons (Fsp3) is 0.345. The van der Waals surface area contributed by atoms with E-state index in [1.54, 1.807) is 26.0 Å². The summed E-state index contributed by atoms with van der Waals surface area (Å²) in [5, 5.41) is 3.69. The molecule has 1 aromatic heterocycles. The van der Waals surface area contributed by atoms with Crippen LogP contribution in [0.2, 0.25) is 5.02 Å². The van der Waals surface area contributed by atoms with Crippen molar-refractivity contribution in [2.45, 2.75) is 63.3 Å². The second-order valence-corrected chi connectivity index (χ2v) is 10.7. The van der Waals surface area contributed by atoms with E-state index in [1.807, 2.05) is 48.5 Å². The second-order valence-electron chi connectivity index (χ2n) is 10.3. The average molecular weight is 519 g/mol. The smallest absolute Gasteiger partial charge is 0.263 e. The van der Waals surface area contributed by atoms with Crippen molar-refractivity contribution >= 4 is 29.2 Å². The van der Waals surface area contributed by atoms with Gasteiger partial charge in [-0.25, -0.2) is 4.98 Å². The van der Waals surface area contributed by atoms with Crippen molar-refractivity contribution in [3.05, 3.63) is 77.4 Å². The fourth-order valence-corrected chi connectivity index (χ4v) is 5.58. The molecule has 2 aliphatic rings. The molecule has 7 nitrogen and oxygen atoms in total. The molecule has 2 unspecified atom stereocenters. The quantitative estimate of drug-likeness (QED) is 0.460. The molecular weight excluding hydrogens is 488 g/mol. The maximum Gasteiger partial charge on any atom is 0.263 e. The van der Waals surface area contributed by atoms with Gasteiger partial charge in [0.25, 0.3) is 5.91 Å². The van der Waals surface area contributed by atoms with E-state index in [0.717, 1.165) is 42.6 Å². The predicted octanol–water partition coefficient (Wildman–Crippen LogP) is 4.97. The standard InChI is InChI=1S/C29H31ClN4O3/c1-29(2,37-25-14-19(8-12-24(25)30)18-6-4-3-5-7-18)28(36)33-21-15-22-10-11-23(16-21)34(22)26-13-9-20(17-32-26)27(31)35/h3-9,12-14,17,21-23H,10-11,15-16H2,1-2H3,(H2,31,35)(H,33,36). The molecule has 2 aliphatic heterocycles. The number of aromatic nitrogens is 1. The van der Waals surface area contributed by atoms with Gasteiger partial charge in [-0.3, -0.25) is 9.59 Å². The fourth-order valence-electron chi connectivity index (χ4n) is 5.43. The third kappa shape index (κ3) is 5.27. The van der Waals surface area contributed by atoms with Gasteiger partial charge >= 0.3 is 0 Å². The number of nitrogens with one attached hydrogen (secondary N) is 1. The van der Waals surface area contributed by atoms with Crippen molar-refractivity contribution < 1.29 is 14.3 Å². The van der Waals surface area contributed by atoms with Gasteiger partial charge in [-0.1, -0.05) is 48.0 Å². The van der Waals surface area contributed by atoms with Crippen LogP contribution in [0.5, 0.6) is 5.75 Å². The zero-order chi connectivity index (χ0) is 26.2. The van der Waals surface area contributed by atoms with Crippen molar-refractivity contribution in [1.82, 2.24) is 10.3 Å². The Bertz CT molecular complexity index is 1280. The first-order chi connectivity index (χ1) is 17.7. The first-order valence-electron chi connectivity index (χ1n) is 12.6. The van der Waals surface area contributed by atoms with Crippen molar-refractivity contribution in [2.24, 2.45) is 5.73 Å². The summed E-state index contributed by atoms with van der Waals surface area (Å²) in [6, 6.07) is 19.7. The number of piperidine rings is 1. The minimum atomic E-state index is -1.11. The highest BCUT2D eigenvalue weighted by atomic mass is 35.5. The Morgan fingerprint density at radius 3 is 2.35 bits per heavy atom. The molecule has 192 valence electrons. The third-order valence-corrected chi connectivity index (χ3v) is 7.63. The monoisotopic (exact) mass is 518 g/mol. The molecule has 0 saturated carbocycles. The molecule has 2 saturated heterocycles. The predicted molar refractivity (Wildman–Crippen MR) is 145 cm³/mol. The Labute approximate surface area is 222 Å². The summed E-state index contributed by atoms with van der Waals surface area (Å²) < 4.78 is 6.19. The van der Waals surface area contributed by atoms with Crippen molar-refractivity contribution in [2.75, 3.05) is 4.90 Å². The summed E-state index contributed by atoms with van der Waals surface area (Å²) in [6.45, 7) is 3.53. The molecular formula is C29H31ClN4O3. The number of benzene rings is 2. The van der Waals surface area contributed by atoms with Crippen LogP contribution in [0.4, 0.5) is 5.82 Å². The number of pyridine rings is 1. The molecule has 3 N–H and O–H groups in total. The van der Waals surface area contributed by atoms with Crippen LogP contribution in [-0.2, 0) is 4.79 Å². The molecule has 2 aromatic carbocycles. The van der Waals surface area contributed by atoms with Crippen molar-refractivity contribution in [1.29, 1.82) is 0 Å². The molecule has 2 atom stereocenters. The lowest BCUT2D eigenvalue weighted by atomic mass is 9.96. The van der Waals surface area contributed by atoms with Crippen LogP contribution in [0.3, 0.4) is 0 Å². The Hall–Kier alpha value is -3.58. The van der Waals surface area contributed by atoms with E-state index >= 15 is 0 Å². The number of hydrogen-bond donors (Lipinski definition) is 2. The largest absolute Gasteiger partial charge is 0.476 e. The molecule has 0 radical (unpaired) electrons. The molecule has 3 heterocycles. The Morgan fingerprint density at radius 2 is 1.73 bits per heavy atom. The molecule has 8 heteroatoms. The van der Waals surface area contributed by atoms with Crippen LogP contribution in [0.25, 0.3) is 11.1 Å². The van der Waals surface area contributed by atoms with E-state index in [9.17, 15) is 9.59 Å². The lowest BCUT2D eigenvalue weighted by Crippen LogP contribution is -2.55. The van der Waals surface area contributed by atoms with E-state index in [1.165, 1.54) is 6.20 Å². The van der Waals surface area contributed by atoms with Gasteiger partial charge in [-0.15, -0.1) is 0 Å². The Kier molecular flexibility index (Phi) is 6.82. The number of carbonyl (C=O) groups is 2. The van der Waals surface area contributed by atoms with E-state index in [0.29, 0.717) is 16.3 Å². The number of halogens is 1. The summed E-state index contributed by atoms with van der Waals surface area (Å²) in [7, 11) is 0. The lowest BCUT2D eigenvalue weighted by Gasteiger charge is -2.40. The van der Waals surface area contributed by atoms with Gasteiger partial charge in [0.2, 0.25) is 5.91 Å². The van der Waals surface area contributed by atoms with Gasteiger partial charge in [-0.05, 0) is 74.9 Å². The molecule has 0 aliphatic carbocycles. The van der Waals surface area contributed by atoms with Gasteiger partial charge in [0.15, 0.2) is 5.60 Å². The number of nitrogens with zero attached hydrogens (tertiary/aromatic N) is 2. The Balaban J connectivity index is 1.24. The summed E-state index contributed by atoms with van der Waals surface area (Å²) in [6.07, 6.45) is 5.25. The normalized spacial score (nSPS) is 20.9. The summed E-state index contributed by atoms with van der Waals surface area (Å²) >= 11 is 6.44. The first kappa shape index (κ1) is 25.1. The number of ether oxygens (including phenoxy) is 1. The number of carbonyl (C=O) groups excluding carboxylic acids is 2. The van der Waals surface area contributed by atoms with Crippen LogP contribution in [0, 0.1) is 0 Å². The zero-order valence-corrected chi connectivity index (χ0v) is 21.7. The zero-order valence-electron chi connectivity index (χ0n) is 21.0.